The molecule has 3 rings (SSSR count). The molecule has 94 valence electrons. The van der Waals surface area contributed by atoms with Gasteiger partial charge in [0, 0.05) is 35.1 Å². The zero-order valence-electron chi connectivity index (χ0n) is 10.9. The van der Waals surface area contributed by atoms with Crippen LogP contribution in [0.3, 0.4) is 0 Å². The second kappa shape index (κ2) is 4.16. The van der Waals surface area contributed by atoms with Crippen molar-refractivity contribution in [2.75, 3.05) is 23.3 Å². The number of benzene rings is 1. The maximum absolute atomic E-state index is 10.8. The number of carbonyl (C=O) groups excluding carboxylic acids is 1. The summed E-state index contributed by atoms with van der Waals surface area (Å²) in [6.07, 6.45) is 4.19. The van der Waals surface area contributed by atoms with E-state index < -0.39 is 0 Å². The number of hydrogen-bond acceptors (Lipinski definition) is 3. The molecule has 18 heavy (non-hydrogen) atoms. The zero-order valence-corrected chi connectivity index (χ0v) is 10.9. The highest BCUT2D eigenvalue weighted by atomic mass is 16.1. The lowest BCUT2D eigenvalue weighted by molar-refractivity contribution is -0.106. The van der Waals surface area contributed by atoms with Crippen LogP contribution in [0.4, 0.5) is 11.4 Å². The van der Waals surface area contributed by atoms with Gasteiger partial charge in [0.2, 0.25) is 0 Å². The average molecular weight is 242 g/mol. The molecule has 0 spiro atoms. The predicted octanol–water partition coefficient (Wildman–Crippen LogP) is 2.82. The van der Waals surface area contributed by atoms with Crippen LogP contribution < -0.4 is 10.2 Å². The van der Waals surface area contributed by atoms with Crippen LogP contribution in [-0.2, 0) is 4.79 Å². The van der Waals surface area contributed by atoms with Crippen molar-refractivity contribution in [1.29, 1.82) is 0 Å². The number of aryl methyl sites for hydroxylation is 1. The van der Waals surface area contributed by atoms with Gasteiger partial charge in [-0.2, -0.15) is 0 Å². The minimum atomic E-state index is 0.498. The Morgan fingerprint density at radius 2 is 2.33 bits per heavy atom. The molecule has 0 bridgehead atoms. The first-order valence-corrected chi connectivity index (χ1v) is 6.48. The van der Waals surface area contributed by atoms with Crippen molar-refractivity contribution >= 4 is 17.7 Å². The van der Waals surface area contributed by atoms with Gasteiger partial charge in [0.25, 0.3) is 0 Å². The Balaban J connectivity index is 2.11. The number of carbonyl (C=O) groups is 1. The van der Waals surface area contributed by atoms with Crippen LogP contribution in [0.2, 0.25) is 0 Å². The third kappa shape index (κ3) is 1.62. The standard InChI is InChI=1S/C15H18N2O/c1-3-12-8-11-9-17(4-5-18)14-7-10(2)6-13(16-12)15(11)14/h3,5-7,11,16H,4,8-9H2,1-2H3/b12-3+. The van der Waals surface area contributed by atoms with Gasteiger partial charge >= 0.3 is 0 Å². The SMILES string of the molecule is C/C=C1\CC2CN(CC=O)c3cc(C)cc(c32)N1. The van der Waals surface area contributed by atoms with E-state index in [0.717, 1.165) is 19.3 Å². The molecule has 0 radical (unpaired) electrons. The molecule has 2 aliphatic rings. The van der Waals surface area contributed by atoms with E-state index in [9.17, 15) is 4.79 Å². The van der Waals surface area contributed by atoms with Crippen molar-refractivity contribution in [3.05, 3.63) is 35.0 Å². The van der Waals surface area contributed by atoms with Crippen LogP contribution in [-0.4, -0.2) is 19.4 Å². The van der Waals surface area contributed by atoms with Crippen LogP contribution in [0.5, 0.6) is 0 Å². The summed E-state index contributed by atoms with van der Waals surface area (Å²) in [6, 6.07) is 4.41. The Kier molecular flexibility index (Phi) is 2.62. The topological polar surface area (TPSA) is 32.3 Å². The minimum Gasteiger partial charge on any atom is -0.364 e. The van der Waals surface area contributed by atoms with Crippen molar-refractivity contribution in [2.24, 2.45) is 0 Å². The molecule has 0 aliphatic carbocycles. The fourth-order valence-corrected chi connectivity index (χ4v) is 3.14. The Morgan fingerprint density at radius 3 is 3.06 bits per heavy atom. The van der Waals surface area contributed by atoms with Gasteiger partial charge in [-0.1, -0.05) is 6.08 Å². The molecule has 1 unspecified atom stereocenters. The van der Waals surface area contributed by atoms with Crippen LogP contribution in [0.1, 0.15) is 30.4 Å². The quantitative estimate of drug-likeness (QED) is 0.809. The van der Waals surface area contributed by atoms with Gasteiger partial charge in [-0.3, -0.25) is 0 Å². The molecule has 3 heteroatoms. The summed E-state index contributed by atoms with van der Waals surface area (Å²) in [5.41, 5.74) is 6.39. The summed E-state index contributed by atoms with van der Waals surface area (Å²) in [5, 5.41) is 3.51. The lowest BCUT2D eigenvalue weighted by Crippen LogP contribution is -2.24. The fourth-order valence-electron chi connectivity index (χ4n) is 3.14. The van der Waals surface area contributed by atoms with Gasteiger partial charge in [-0.15, -0.1) is 0 Å². The number of nitrogens with zero attached hydrogens (tertiary/aromatic N) is 1. The van der Waals surface area contributed by atoms with Gasteiger partial charge in [0.05, 0.1) is 6.54 Å². The van der Waals surface area contributed by atoms with E-state index >= 15 is 0 Å². The van der Waals surface area contributed by atoms with E-state index in [2.05, 4.69) is 42.3 Å². The molecule has 0 amide bonds. The second-order valence-electron chi connectivity index (χ2n) is 5.16. The number of hydrogen-bond donors (Lipinski definition) is 1. The van der Waals surface area contributed by atoms with Gasteiger partial charge in [0.15, 0.2) is 0 Å². The van der Waals surface area contributed by atoms with Gasteiger partial charge in [-0.05, 0) is 38.0 Å². The molecule has 0 fully saturated rings. The summed E-state index contributed by atoms with van der Waals surface area (Å²) in [6.45, 7) is 5.64. The zero-order chi connectivity index (χ0) is 12.7. The molecule has 1 N–H and O–H groups in total. The molecule has 1 atom stereocenters. The highest BCUT2D eigenvalue weighted by Crippen LogP contribution is 2.47. The van der Waals surface area contributed by atoms with Crippen LogP contribution >= 0.6 is 0 Å². The molecular weight excluding hydrogens is 224 g/mol. The van der Waals surface area contributed by atoms with Crippen molar-refractivity contribution in [3.8, 4) is 0 Å². The lowest BCUT2D eigenvalue weighted by Gasteiger charge is -2.25. The third-order valence-corrected chi connectivity index (χ3v) is 3.90. The maximum atomic E-state index is 10.8. The molecule has 3 nitrogen and oxygen atoms in total. The minimum absolute atomic E-state index is 0.498. The van der Waals surface area contributed by atoms with Gasteiger partial charge in [0.1, 0.15) is 6.29 Å². The molecule has 0 saturated carbocycles. The van der Waals surface area contributed by atoms with Gasteiger partial charge < -0.3 is 15.0 Å². The van der Waals surface area contributed by atoms with Crippen molar-refractivity contribution in [3.63, 3.8) is 0 Å². The lowest BCUT2D eigenvalue weighted by atomic mass is 9.90. The number of rotatable bonds is 2. The summed E-state index contributed by atoms with van der Waals surface area (Å²) < 4.78 is 0. The van der Waals surface area contributed by atoms with Gasteiger partial charge in [-0.25, -0.2) is 0 Å². The number of anilines is 2. The molecule has 0 saturated heterocycles. The summed E-state index contributed by atoms with van der Waals surface area (Å²) in [5.74, 6) is 0.531. The average Bonchev–Trinajstić information content (AvgIpc) is 2.68. The second-order valence-corrected chi connectivity index (χ2v) is 5.16. The number of aldehydes is 1. The molecular formula is C15H18N2O. The van der Waals surface area contributed by atoms with Crippen molar-refractivity contribution in [1.82, 2.24) is 0 Å². The van der Waals surface area contributed by atoms with Crippen LogP contribution in [0, 0.1) is 6.92 Å². The number of nitrogens with one attached hydrogen (secondary N) is 1. The maximum Gasteiger partial charge on any atom is 0.139 e. The Morgan fingerprint density at radius 1 is 1.50 bits per heavy atom. The Labute approximate surface area is 107 Å². The molecule has 2 aliphatic heterocycles. The smallest absolute Gasteiger partial charge is 0.139 e. The predicted molar refractivity (Wildman–Crippen MR) is 74.2 cm³/mol. The van der Waals surface area contributed by atoms with Crippen molar-refractivity contribution < 1.29 is 4.79 Å². The van der Waals surface area contributed by atoms with Crippen LogP contribution in [0.15, 0.2) is 23.9 Å². The summed E-state index contributed by atoms with van der Waals surface area (Å²) in [7, 11) is 0. The van der Waals surface area contributed by atoms with E-state index in [1.807, 2.05) is 0 Å². The number of allylic oxidation sites excluding steroid dienone is 2. The normalized spacial score (nSPS) is 22.9. The first kappa shape index (κ1) is 11.3. The van der Waals surface area contributed by atoms with Crippen molar-refractivity contribution in [2.45, 2.75) is 26.2 Å². The Bertz CT molecular complexity index is 534. The monoisotopic (exact) mass is 242 g/mol. The van der Waals surface area contributed by atoms with E-state index in [-0.39, 0.29) is 0 Å². The highest BCUT2D eigenvalue weighted by molar-refractivity contribution is 5.78. The van der Waals surface area contributed by atoms with E-state index in [1.165, 1.54) is 28.2 Å². The first-order chi connectivity index (χ1) is 8.72. The highest BCUT2D eigenvalue weighted by Gasteiger charge is 2.34. The molecule has 2 heterocycles. The van der Waals surface area contributed by atoms with E-state index in [0.29, 0.717) is 12.5 Å². The van der Waals surface area contributed by atoms with E-state index in [4.69, 9.17) is 0 Å². The molecule has 0 aromatic heterocycles. The third-order valence-electron chi connectivity index (χ3n) is 3.90. The Hall–Kier alpha value is -1.77. The summed E-state index contributed by atoms with van der Waals surface area (Å²) >= 11 is 0. The largest absolute Gasteiger partial charge is 0.364 e. The van der Waals surface area contributed by atoms with E-state index in [1.54, 1.807) is 0 Å². The van der Waals surface area contributed by atoms with Crippen LogP contribution in [0.25, 0.3) is 0 Å². The first-order valence-electron chi connectivity index (χ1n) is 6.48. The molecule has 1 aromatic carbocycles. The summed E-state index contributed by atoms with van der Waals surface area (Å²) in [4.78, 5) is 13.0. The molecule has 1 aromatic rings. The fraction of sp³-hybridized carbons (Fsp3) is 0.400.